The Kier molecular flexibility index (Phi) is 5.84. The Hall–Kier alpha value is -2.39. The number of aryl methyl sites for hydroxylation is 1. The average Bonchev–Trinajstić information content (AvgIpc) is 3.15. The second kappa shape index (κ2) is 8.39. The van der Waals surface area contributed by atoms with E-state index in [1.807, 2.05) is 42.0 Å². The van der Waals surface area contributed by atoms with E-state index in [9.17, 15) is 10.2 Å². The molecule has 0 amide bonds. The van der Waals surface area contributed by atoms with Crippen LogP contribution in [0.3, 0.4) is 0 Å². The van der Waals surface area contributed by atoms with Crippen LogP contribution in [0.5, 0.6) is 11.5 Å². The molecule has 3 aromatic rings. The molecule has 3 heterocycles. The molecule has 30 heavy (non-hydrogen) atoms. The van der Waals surface area contributed by atoms with Gasteiger partial charge in [-0.25, -0.2) is 9.97 Å². The fraction of sp³-hybridized carbons (Fsp3) is 0.429. The number of benzene rings is 1. The van der Waals surface area contributed by atoms with E-state index in [1.165, 1.54) is 6.33 Å². The summed E-state index contributed by atoms with van der Waals surface area (Å²) < 4.78 is 13.9. The lowest BCUT2D eigenvalue weighted by molar-refractivity contribution is -0.0166. The predicted octanol–water partition coefficient (Wildman–Crippen LogP) is 1.76. The molecular formula is C21H25ClN4O4. The summed E-state index contributed by atoms with van der Waals surface area (Å²) in [5, 5.41) is 25.7. The van der Waals surface area contributed by atoms with E-state index in [4.69, 9.17) is 9.47 Å². The van der Waals surface area contributed by atoms with Gasteiger partial charge in [-0.3, -0.25) is 0 Å². The zero-order valence-electron chi connectivity index (χ0n) is 16.6. The highest BCUT2D eigenvalue weighted by Crippen LogP contribution is 2.38. The molecule has 0 bridgehead atoms. The van der Waals surface area contributed by atoms with Crippen molar-refractivity contribution < 1.29 is 19.7 Å². The molecule has 3 N–H and O–H groups in total. The molecule has 0 unspecified atom stereocenters. The molecule has 1 aromatic carbocycles. The maximum absolute atomic E-state index is 10.8. The highest BCUT2D eigenvalue weighted by molar-refractivity contribution is 5.85. The molecule has 1 aliphatic heterocycles. The van der Waals surface area contributed by atoms with Gasteiger partial charge in [0, 0.05) is 36.7 Å². The molecule has 2 aromatic heterocycles. The number of aliphatic hydroxyl groups excluding tert-OH is 2. The molecule has 4 atom stereocenters. The first kappa shape index (κ1) is 20.9. The van der Waals surface area contributed by atoms with Crippen LogP contribution >= 0.6 is 12.4 Å². The summed E-state index contributed by atoms with van der Waals surface area (Å²) in [6.07, 6.45) is 1.38. The first-order valence-corrected chi connectivity index (χ1v) is 9.90. The van der Waals surface area contributed by atoms with Crippen molar-refractivity contribution >= 4 is 23.4 Å². The zero-order chi connectivity index (χ0) is 20.0. The average molecular weight is 433 g/mol. The molecular weight excluding hydrogens is 408 g/mol. The monoisotopic (exact) mass is 432 g/mol. The summed E-state index contributed by atoms with van der Waals surface area (Å²) in [6.45, 7) is 3.93. The van der Waals surface area contributed by atoms with Gasteiger partial charge in [0.25, 0.3) is 0 Å². The topological polar surface area (TPSA) is 102 Å². The first-order chi connectivity index (χ1) is 14.1. The lowest BCUT2D eigenvalue weighted by atomic mass is 10.1. The van der Waals surface area contributed by atoms with Crippen molar-refractivity contribution in [3.63, 3.8) is 0 Å². The van der Waals surface area contributed by atoms with Crippen LogP contribution in [-0.4, -0.2) is 56.2 Å². The van der Waals surface area contributed by atoms with E-state index in [0.29, 0.717) is 25.3 Å². The fourth-order valence-electron chi connectivity index (χ4n) is 4.30. The predicted molar refractivity (Wildman–Crippen MR) is 113 cm³/mol. The number of aliphatic hydroxyl groups is 2. The van der Waals surface area contributed by atoms with Crippen molar-refractivity contribution in [3.8, 4) is 11.5 Å². The van der Waals surface area contributed by atoms with Gasteiger partial charge in [-0.15, -0.1) is 12.4 Å². The van der Waals surface area contributed by atoms with Gasteiger partial charge < -0.3 is 29.6 Å². The molecule has 5 rings (SSSR count). The van der Waals surface area contributed by atoms with Crippen LogP contribution in [0.25, 0.3) is 11.0 Å². The van der Waals surface area contributed by atoms with Crippen molar-refractivity contribution in [2.45, 2.75) is 44.2 Å². The van der Waals surface area contributed by atoms with Gasteiger partial charge in [-0.05, 0) is 25.1 Å². The van der Waals surface area contributed by atoms with Crippen molar-refractivity contribution in [2.75, 3.05) is 13.2 Å². The number of fused-ring (bicyclic) bond motifs is 2. The van der Waals surface area contributed by atoms with Crippen molar-refractivity contribution in [2.24, 2.45) is 0 Å². The zero-order valence-corrected chi connectivity index (χ0v) is 17.4. The minimum absolute atomic E-state index is 0. The van der Waals surface area contributed by atoms with Crippen LogP contribution in [-0.2, 0) is 6.54 Å². The number of nitrogens with zero attached hydrogens (tertiary/aromatic N) is 3. The SMILES string of the molecule is Cc1ncnc2c1ccn2[C@@H]1C[C@H](Oc2cccc3c2CNCCO3)[C@@H](O)[C@H]1O.Cl. The van der Waals surface area contributed by atoms with Crippen molar-refractivity contribution in [1.29, 1.82) is 0 Å². The number of hydrogen-bond acceptors (Lipinski definition) is 7. The molecule has 1 saturated carbocycles. The third kappa shape index (κ3) is 3.50. The van der Waals surface area contributed by atoms with E-state index < -0.39 is 18.3 Å². The van der Waals surface area contributed by atoms with E-state index in [-0.39, 0.29) is 18.4 Å². The summed E-state index contributed by atoms with van der Waals surface area (Å²) in [5.41, 5.74) is 2.57. The molecule has 8 nitrogen and oxygen atoms in total. The summed E-state index contributed by atoms with van der Waals surface area (Å²) in [7, 11) is 0. The standard InChI is InChI=1S/C21H24N4O4.ClH/c1-12-13-5-7-25(21(13)24-11-23-12)15-9-18(20(27)19(15)26)29-17-4-2-3-16-14(17)10-22-6-8-28-16;/h2-5,7,11,15,18-20,22,26-27H,6,8-10H2,1H3;1H/t15-,18+,19+,20-;/m1./s1. The lowest BCUT2D eigenvalue weighted by Crippen LogP contribution is -2.34. The van der Waals surface area contributed by atoms with Gasteiger partial charge in [-0.1, -0.05) is 6.07 Å². The van der Waals surface area contributed by atoms with Crippen LogP contribution in [0.15, 0.2) is 36.8 Å². The summed E-state index contributed by atoms with van der Waals surface area (Å²) in [6, 6.07) is 7.29. The Morgan fingerprint density at radius 3 is 2.93 bits per heavy atom. The Morgan fingerprint density at radius 1 is 1.20 bits per heavy atom. The number of hydrogen-bond donors (Lipinski definition) is 3. The number of aromatic nitrogens is 3. The van der Waals surface area contributed by atoms with Gasteiger partial charge in [-0.2, -0.15) is 0 Å². The number of rotatable bonds is 3. The van der Waals surface area contributed by atoms with Crippen LogP contribution in [0.4, 0.5) is 0 Å². The molecule has 1 fully saturated rings. The Balaban J connectivity index is 0.00000218. The van der Waals surface area contributed by atoms with E-state index in [2.05, 4.69) is 15.3 Å². The minimum atomic E-state index is -1.00. The molecule has 0 spiro atoms. The van der Waals surface area contributed by atoms with Crippen molar-refractivity contribution in [1.82, 2.24) is 19.9 Å². The number of nitrogens with one attached hydrogen (secondary N) is 1. The Labute approximate surface area is 180 Å². The number of ether oxygens (including phenoxy) is 2. The van der Waals surface area contributed by atoms with Gasteiger partial charge in [0.1, 0.15) is 48.4 Å². The smallest absolute Gasteiger partial charge is 0.143 e. The molecule has 160 valence electrons. The fourth-order valence-corrected chi connectivity index (χ4v) is 4.30. The van der Waals surface area contributed by atoms with Crippen molar-refractivity contribution in [3.05, 3.63) is 48.0 Å². The van der Waals surface area contributed by atoms with E-state index in [0.717, 1.165) is 34.6 Å². The van der Waals surface area contributed by atoms with E-state index >= 15 is 0 Å². The Morgan fingerprint density at radius 2 is 2.07 bits per heavy atom. The highest BCUT2D eigenvalue weighted by atomic mass is 35.5. The van der Waals surface area contributed by atoms with Gasteiger partial charge in [0.2, 0.25) is 0 Å². The van der Waals surface area contributed by atoms with E-state index in [1.54, 1.807) is 0 Å². The van der Waals surface area contributed by atoms with Crippen LogP contribution in [0.2, 0.25) is 0 Å². The third-order valence-electron chi connectivity index (χ3n) is 5.87. The maximum Gasteiger partial charge on any atom is 0.143 e. The third-order valence-corrected chi connectivity index (χ3v) is 5.87. The summed E-state index contributed by atoms with van der Waals surface area (Å²) in [4.78, 5) is 8.60. The largest absolute Gasteiger partial charge is 0.492 e. The normalized spacial score (nSPS) is 25.8. The summed E-state index contributed by atoms with van der Waals surface area (Å²) in [5.74, 6) is 1.46. The maximum atomic E-state index is 10.8. The summed E-state index contributed by atoms with van der Waals surface area (Å²) >= 11 is 0. The van der Waals surface area contributed by atoms with Crippen LogP contribution in [0, 0.1) is 6.92 Å². The van der Waals surface area contributed by atoms with Gasteiger partial charge in [0.15, 0.2) is 0 Å². The lowest BCUT2D eigenvalue weighted by Gasteiger charge is -2.20. The molecule has 2 aliphatic rings. The van der Waals surface area contributed by atoms with Crippen LogP contribution in [0.1, 0.15) is 23.7 Å². The second-order valence-corrected chi connectivity index (χ2v) is 7.62. The quantitative estimate of drug-likeness (QED) is 0.579. The van der Waals surface area contributed by atoms with Crippen LogP contribution < -0.4 is 14.8 Å². The highest BCUT2D eigenvalue weighted by Gasteiger charge is 2.44. The first-order valence-electron chi connectivity index (χ1n) is 9.90. The minimum Gasteiger partial charge on any atom is -0.492 e. The number of halogens is 1. The van der Waals surface area contributed by atoms with Gasteiger partial charge in [0.05, 0.1) is 11.7 Å². The molecule has 9 heteroatoms. The Bertz CT molecular complexity index is 1040. The van der Waals surface area contributed by atoms with Gasteiger partial charge >= 0.3 is 0 Å². The second-order valence-electron chi connectivity index (χ2n) is 7.62. The molecule has 1 aliphatic carbocycles. The molecule has 0 radical (unpaired) electrons. The molecule has 0 saturated heterocycles.